The zero-order chi connectivity index (χ0) is 12.3. The van der Waals surface area contributed by atoms with Crippen LogP contribution in [0, 0.1) is 6.92 Å². The van der Waals surface area contributed by atoms with Crippen LogP contribution < -0.4 is 0 Å². The molecule has 1 rings (SSSR count). The van der Waals surface area contributed by atoms with Crippen molar-refractivity contribution in [3.05, 3.63) is 23.3 Å². The van der Waals surface area contributed by atoms with E-state index in [-0.39, 0.29) is 23.5 Å². The van der Waals surface area contributed by atoms with Crippen LogP contribution in [0.1, 0.15) is 22.8 Å². The predicted octanol–water partition coefficient (Wildman–Crippen LogP) is 1.15. The highest BCUT2D eigenvalue weighted by molar-refractivity contribution is 6.41. The summed E-state index contributed by atoms with van der Waals surface area (Å²) in [4.78, 5) is 22.6. The Balaban J connectivity index is 3.10. The lowest BCUT2D eigenvalue weighted by Crippen LogP contribution is -2.17. The molecule has 0 amide bonds. The van der Waals surface area contributed by atoms with Crippen LogP contribution in [0.25, 0.3) is 0 Å². The van der Waals surface area contributed by atoms with Gasteiger partial charge in [0.1, 0.15) is 11.5 Å². The Morgan fingerprint density at radius 3 is 2.50 bits per heavy atom. The van der Waals surface area contributed by atoms with Gasteiger partial charge in [0.05, 0.1) is 12.2 Å². The molecule has 0 unspecified atom stereocenters. The minimum Gasteiger partial charge on any atom is -0.508 e. The molecule has 5 heteroatoms. The van der Waals surface area contributed by atoms with Crippen molar-refractivity contribution >= 4 is 11.8 Å². The number of hydrogen-bond acceptors (Lipinski definition) is 5. The van der Waals surface area contributed by atoms with Gasteiger partial charge in [-0.05, 0) is 26.0 Å². The summed E-state index contributed by atoms with van der Waals surface area (Å²) in [5.74, 6) is -2.50. The molecule has 0 spiro atoms. The number of aromatic hydroxyl groups is 2. The average Bonchev–Trinajstić information content (AvgIpc) is 2.26. The predicted molar refractivity (Wildman–Crippen MR) is 55.5 cm³/mol. The SMILES string of the molecule is CCOC(=O)C(=O)c1ccc(O)c(C)c1O. The number of ketones is 1. The van der Waals surface area contributed by atoms with Gasteiger partial charge < -0.3 is 14.9 Å². The van der Waals surface area contributed by atoms with Gasteiger partial charge in [0.25, 0.3) is 5.78 Å². The van der Waals surface area contributed by atoms with Crippen molar-refractivity contribution in [2.24, 2.45) is 0 Å². The first-order valence-corrected chi connectivity index (χ1v) is 4.72. The van der Waals surface area contributed by atoms with Gasteiger partial charge in [0, 0.05) is 5.56 Å². The van der Waals surface area contributed by atoms with Gasteiger partial charge in [-0.25, -0.2) is 4.79 Å². The standard InChI is InChI=1S/C11H12O5/c1-3-16-11(15)10(14)7-4-5-8(12)6(2)9(7)13/h4-5,12-13H,3H2,1-2H3. The summed E-state index contributed by atoms with van der Waals surface area (Å²) in [5.41, 5.74) is -0.0242. The number of phenols is 2. The molecule has 0 fully saturated rings. The molecule has 1 aromatic carbocycles. The zero-order valence-corrected chi connectivity index (χ0v) is 8.98. The second kappa shape index (κ2) is 4.65. The smallest absolute Gasteiger partial charge is 0.379 e. The van der Waals surface area contributed by atoms with Crippen molar-refractivity contribution < 1.29 is 24.5 Å². The number of rotatable bonds is 3. The quantitative estimate of drug-likeness (QED) is 0.457. The second-order valence-electron chi connectivity index (χ2n) is 3.16. The Bertz CT molecular complexity index is 436. The molecular weight excluding hydrogens is 212 g/mol. The Kier molecular flexibility index (Phi) is 3.50. The molecule has 0 saturated heterocycles. The summed E-state index contributed by atoms with van der Waals surface area (Å²) >= 11 is 0. The molecule has 5 nitrogen and oxygen atoms in total. The fourth-order valence-corrected chi connectivity index (χ4v) is 1.18. The molecule has 1 aromatic rings. The summed E-state index contributed by atoms with van der Waals surface area (Å²) in [6, 6.07) is 2.42. The minimum absolute atomic E-state index is 0.0857. The molecule has 0 aliphatic heterocycles. The first kappa shape index (κ1) is 12.0. The lowest BCUT2D eigenvalue weighted by molar-refractivity contribution is -0.137. The van der Waals surface area contributed by atoms with Gasteiger partial charge in [0.15, 0.2) is 0 Å². The molecule has 0 radical (unpaired) electrons. The van der Waals surface area contributed by atoms with Crippen LogP contribution in [0.2, 0.25) is 0 Å². The number of Topliss-reactive ketones (excluding diaryl/α,β-unsaturated/α-hetero) is 1. The van der Waals surface area contributed by atoms with E-state index >= 15 is 0 Å². The third kappa shape index (κ3) is 2.13. The summed E-state index contributed by atoms with van der Waals surface area (Å²) in [7, 11) is 0. The second-order valence-corrected chi connectivity index (χ2v) is 3.16. The lowest BCUT2D eigenvalue weighted by atomic mass is 10.1. The van der Waals surface area contributed by atoms with Crippen molar-refractivity contribution in [2.45, 2.75) is 13.8 Å². The van der Waals surface area contributed by atoms with E-state index in [2.05, 4.69) is 4.74 Å². The first-order chi connectivity index (χ1) is 7.49. The first-order valence-electron chi connectivity index (χ1n) is 4.72. The van der Waals surface area contributed by atoms with E-state index in [0.29, 0.717) is 0 Å². The molecule has 0 atom stereocenters. The molecule has 0 bridgehead atoms. The van der Waals surface area contributed by atoms with Crippen LogP contribution in [-0.4, -0.2) is 28.6 Å². The van der Waals surface area contributed by atoms with Crippen molar-refractivity contribution in [3.63, 3.8) is 0 Å². The van der Waals surface area contributed by atoms with E-state index < -0.39 is 17.5 Å². The van der Waals surface area contributed by atoms with E-state index in [4.69, 9.17) is 0 Å². The summed E-state index contributed by atoms with van der Waals surface area (Å²) in [6.07, 6.45) is 0. The van der Waals surface area contributed by atoms with Gasteiger partial charge in [-0.2, -0.15) is 0 Å². The molecule has 16 heavy (non-hydrogen) atoms. The average molecular weight is 224 g/mol. The highest BCUT2D eigenvalue weighted by atomic mass is 16.5. The Morgan fingerprint density at radius 1 is 1.31 bits per heavy atom. The molecule has 0 aliphatic rings. The molecule has 0 heterocycles. The van der Waals surface area contributed by atoms with Crippen molar-refractivity contribution in [2.75, 3.05) is 6.61 Å². The van der Waals surface area contributed by atoms with Crippen LogP contribution in [0.15, 0.2) is 12.1 Å². The van der Waals surface area contributed by atoms with Crippen molar-refractivity contribution in [3.8, 4) is 11.5 Å². The van der Waals surface area contributed by atoms with Crippen LogP contribution in [0.4, 0.5) is 0 Å². The maximum absolute atomic E-state index is 11.5. The molecule has 86 valence electrons. The lowest BCUT2D eigenvalue weighted by Gasteiger charge is -2.07. The van der Waals surface area contributed by atoms with Gasteiger partial charge in [-0.3, -0.25) is 4.79 Å². The molecular formula is C11H12O5. The molecule has 0 saturated carbocycles. The maximum atomic E-state index is 11.5. The Labute approximate surface area is 92.3 Å². The monoisotopic (exact) mass is 224 g/mol. The third-order valence-electron chi connectivity index (χ3n) is 2.11. The topological polar surface area (TPSA) is 83.8 Å². The summed E-state index contributed by atoms with van der Waals surface area (Å²) < 4.78 is 4.52. The summed E-state index contributed by atoms with van der Waals surface area (Å²) in [6.45, 7) is 3.10. The van der Waals surface area contributed by atoms with Crippen LogP contribution in [0.3, 0.4) is 0 Å². The van der Waals surface area contributed by atoms with Gasteiger partial charge >= 0.3 is 5.97 Å². The van der Waals surface area contributed by atoms with Gasteiger partial charge in [-0.15, -0.1) is 0 Å². The van der Waals surface area contributed by atoms with Gasteiger partial charge in [-0.1, -0.05) is 0 Å². The number of hydrogen-bond donors (Lipinski definition) is 2. The summed E-state index contributed by atoms with van der Waals surface area (Å²) in [5, 5.41) is 18.8. The normalized spacial score (nSPS) is 9.88. The van der Waals surface area contributed by atoms with E-state index in [0.717, 1.165) is 0 Å². The molecule has 0 aliphatic carbocycles. The fraction of sp³-hybridized carbons (Fsp3) is 0.273. The number of phenolic OH excluding ortho intramolecular Hbond substituents is 2. The van der Waals surface area contributed by atoms with E-state index in [1.807, 2.05) is 0 Å². The highest BCUT2D eigenvalue weighted by Crippen LogP contribution is 2.29. The number of benzene rings is 1. The third-order valence-corrected chi connectivity index (χ3v) is 2.11. The molecule has 2 N–H and O–H groups in total. The minimum atomic E-state index is -1.03. The largest absolute Gasteiger partial charge is 0.508 e. The Hall–Kier alpha value is -2.04. The highest BCUT2D eigenvalue weighted by Gasteiger charge is 2.22. The van der Waals surface area contributed by atoms with Crippen LogP contribution in [0.5, 0.6) is 11.5 Å². The van der Waals surface area contributed by atoms with Crippen LogP contribution >= 0.6 is 0 Å². The van der Waals surface area contributed by atoms with E-state index in [1.54, 1.807) is 6.92 Å². The van der Waals surface area contributed by atoms with E-state index in [1.165, 1.54) is 19.1 Å². The molecule has 0 aromatic heterocycles. The zero-order valence-electron chi connectivity index (χ0n) is 8.98. The van der Waals surface area contributed by atoms with E-state index in [9.17, 15) is 19.8 Å². The maximum Gasteiger partial charge on any atom is 0.379 e. The van der Waals surface area contributed by atoms with Crippen molar-refractivity contribution in [1.29, 1.82) is 0 Å². The fourth-order valence-electron chi connectivity index (χ4n) is 1.18. The number of carbonyl (C=O) groups excluding carboxylic acids is 2. The van der Waals surface area contributed by atoms with Crippen LogP contribution in [-0.2, 0) is 9.53 Å². The Morgan fingerprint density at radius 2 is 1.94 bits per heavy atom. The van der Waals surface area contributed by atoms with Crippen molar-refractivity contribution in [1.82, 2.24) is 0 Å². The number of ether oxygens (including phenoxy) is 1. The van der Waals surface area contributed by atoms with Gasteiger partial charge in [0.2, 0.25) is 0 Å². The number of carbonyl (C=O) groups is 2. The number of esters is 1.